The van der Waals surface area contributed by atoms with Gasteiger partial charge in [-0.05, 0) is 73.5 Å². The van der Waals surface area contributed by atoms with Crippen LogP contribution in [0.25, 0.3) is 0 Å². The molecule has 0 amide bonds. The van der Waals surface area contributed by atoms with Gasteiger partial charge in [-0.25, -0.2) is 19.6 Å². The number of anilines is 4. The summed E-state index contributed by atoms with van der Waals surface area (Å²) < 4.78 is 77.0. The molecule has 4 aromatic rings. The number of benzene rings is 2. The van der Waals surface area contributed by atoms with Crippen LogP contribution >= 0.6 is 0 Å². The predicted molar refractivity (Wildman–Crippen MR) is 141 cm³/mol. The lowest BCUT2D eigenvalue weighted by Gasteiger charge is -2.15. The van der Waals surface area contributed by atoms with Gasteiger partial charge in [-0.1, -0.05) is 12.1 Å². The van der Waals surface area contributed by atoms with Gasteiger partial charge < -0.3 is 20.8 Å². The number of aromatic carboxylic acids is 2. The van der Waals surface area contributed by atoms with Gasteiger partial charge in [0.25, 0.3) is 0 Å². The molecule has 0 spiro atoms. The number of halogens is 6. The Hall–Kier alpha value is -5.14. The van der Waals surface area contributed by atoms with Crippen LogP contribution in [0.2, 0.25) is 0 Å². The van der Waals surface area contributed by atoms with Crippen molar-refractivity contribution in [3.05, 3.63) is 106 Å². The Kier molecular flexibility index (Phi) is 9.40. The minimum atomic E-state index is -4.47. The fourth-order valence-electron chi connectivity index (χ4n) is 3.77. The molecule has 0 unspecified atom stereocenters. The first-order chi connectivity index (χ1) is 19.6. The van der Waals surface area contributed by atoms with Crippen molar-refractivity contribution >= 4 is 34.9 Å². The molecular weight excluding hydrogens is 570 g/mol. The van der Waals surface area contributed by atoms with Crippen LogP contribution in [0.5, 0.6) is 0 Å². The molecular formula is C28H22F6N4O4. The summed E-state index contributed by atoms with van der Waals surface area (Å²) in [5, 5.41) is 23.4. The van der Waals surface area contributed by atoms with Gasteiger partial charge in [-0.2, -0.15) is 26.3 Å². The Bertz CT molecular complexity index is 1490. The quantitative estimate of drug-likeness (QED) is 0.168. The second kappa shape index (κ2) is 12.6. The molecule has 0 atom stereocenters. The minimum absolute atomic E-state index is 0.00701. The molecule has 0 aliphatic rings. The molecule has 0 saturated heterocycles. The monoisotopic (exact) mass is 592 g/mol. The van der Waals surface area contributed by atoms with E-state index in [1.807, 2.05) is 0 Å². The fourth-order valence-corrected chi connectivity index (χ4v) is 3.77. The fraction of sp³-hybridized carbons (Fsp3) is 0.143. The van der Waals surface area contributed by atoms with Crippen molar-refractivity contribution in [3.8, 4) is 0 Å². The molecule has 0 aliphatic carbocycles. The molecule has 4 N–H and O–H groups in total. The van der Waals surface area contributed by atoms with Crippen molar-refractivity contribution in [3.63, 3.8) is 0 Å². The summed E-state index contributed by atoms with van der Waals surface area (Å²) in [6, 6.07) is 12.8. The Morgan fingerprint density at radius 3 is 1.29 bits per heavy atom. The van der Waals surface area contributed by atoms with E-state index in [-0.39, 0.29) is 45.3 Å². The molecule has 0 fully saturated rings. The summed E-state index contributed by atoms with van der Waals surface area (Å²) >= 11 is 0. The largest absolute Gasteiger partial charge is 0.478 e. The lowest BCUT2D eigenvalue weighted by atomic mass is 10.1. The Balaban J connectivity index is 0.000000230. The second-order valence-electron chi connectivity index (χ2n) is 8.61. The van der Waals surface area contributed by atoms with Gasteiger partial charge in [0.15, 0.2) is 0 Å². The van der Waals surface area contributed by atoms with Crippen LogP contribution in [0, 0.1) is 13.8 Å². The summed E-state index contributed by atoms with van der Waals surface area (Å²) in [6.45, 7) is 2.63. The van der Waals surface area contributed by atoms with Crippen LogP contribution in [0.1, 0.15) is 43.0 Å². The summed E-state index contributed by atoms with van der Waals surface area (Å²) in [7, 11) is 0. The van der Waals surface area contributed by atoms with E-state index in [2.05, 4.69) is 20.6 Å². The molecule has 14 heteroatoms. The van der Waals surface area contributed by atoms with E-state index in [4.69, 9.17) is 10.2 Å². The average Bonchev–Trinajstić information content (AvgIpc) is 2.90. The van der Waals surface area contributed by atoms with E-state index in [9.17, 15) is 35.9 Å². The number of carbonyl (C=O) groups is 2. The molecule has 0 aliphatic heterocycles. The van der Waals surface area contributed by atoms with E-state index in [0.29, 0.717) is 0 Å². The van der Waals surface area contributed by atoms with Crippen molar-refractivity contribution in [2.24, 2.45) is 0 Å². The number of hydrogen-bond donors (Lipinski definition) is 4. The third-order valence-corrected chi connectivity index (χ3v) is 5.86. The standard InChI is InChI=1S/2C14H11F3N2O2/c2*1-8-10(14(15,16)17)5-2-6-11(8)19-12-9(13(20)21)4-3-7-18-12/h2*2-7H,1H3,(H,18,19)(H,20,21). The maximum absolute atomic E-state index is 12.8. The molecule has 0 radical (unpaired) electrons. The predicted octanol–water partition coefficient (Wildman–Crippen LogP) is 7.70. The molecule has 4 rings (SSSR count). The van der Waals surface area contributed by atoms with Crippen LogP contribution < -0.4 is 10.6 Å². The molecule has 2 heterocycles. The molecule has 8 nitrogen and oxygen atoms in total. The normalized spacial score (nSPS) is 11.2. The highest BCUT2D eigenvalue weighted by Gasteiger charge is 2.34. The minimum Gasteiger partial charge on any atom is -0.478 e. The van der Waals surface area contributed by atoms with E-state index >= 15 is 0 Å². The SMILES string of the molecule is Cc1c(Nc2ncccc2C(=O)O)cccc1C(F)(F)F.Cc1c(Nc2ncccc2C(=O)O)cccc1C(F)(F)F. The van der Waals surface area contributed by atoms with Gasteiger partial charge in [-0.3, -0.25) is 0 Å². The van der Waals surface area contributed by atoms with Gasteiger partial charge in [0.1, 0.15) is 22.8 Å². The lowest BCUT2D eigenvalue weighted by molar-refractivity contribution is -0.138. The Morgan fingerprint density at radius 1 is 0.619 bits per heavy atom. The summed E-state index contributed by atoms with van der Waals surface area (Å²) in [5.41, 5.74) is -1.51. The van der Waals surface area contributed by atoms with Crippen LogP contribution in [0.15, 0.2) is 73.1 Å². The van der Waals surface area contributed by atoms with Crippen molar-refractivity contribution in [2.45, 2.75) is 26.2 Å². The van der Waals surface area contributed by atoms with Crippen LogP contribution in [-0.4, -0.2) is 32.1 Å². The van der Waals surface area contributed by atoms with Gasteiger partial charge in [0.05, 0.1) is 11.1 Å². The highest BCUT2D eigenvalue weighted by atomic mass is 19.4. The summed E-state index contributed by atoms with van der Waals surface area (Å²) in [5.74, 6) is -2.44. The van der Waals surface area contributed by atoms with E-state index < -0.39 is 35.4 Å². The van der Waals surface area contributed by atoms with Crippen molar-refractivity contribution < 1.29 is 46.1 Å². The first-order valence-electron chi connectivity index (χ1n) is 11.9. The third kappa shape index (κ3) is 7.53. The van der Waals surface area contributed by atoms with Gasteiger partial charge in [0, 0.05) is 23.8 Å². The van der Waals surface area contributed by atoms with Crippen molar-refractivity contribution in [2.75, 3.05) is 10.6 Å². The van der Waals surface area contributed by atoms with E-state index in [1.54, 1.807) is 0 Å². The van der Waals surface area contributed by atoms with Crippen molar-refractivity contribution in [1.82, 2.24) is 9.97 Å². The first-order valence-corrected chi connectivity index (χ1v) is 11.9. The highest BCUT2D eigenvalue weighted by Crippen LogP contribution is 2.36. The van der Waals surface area contributed by atoms with E-state index in [0.717, 1.165) is 12.1 Å². The number of aromatic nitrogens is 2. The number of nitrogens with one attached hydrogen (secondary N) is 2. The highest BCUT2D eigenvalue weighted by molar-refractivity contribution is 5.94. The molecule has 42 heavy (non-hydrogen) atoms. The van der Waals surface area contributed by atoms with Crippen LogP contribution in [0.4, 0.5) is 49.4 Å². The zero-order valence-electron chi connectivity index (χ0n) is 21.8. The number of hydrogen-bond acceptors (Lipinski definition) is 6. The van der Waals surface area contributed by atoms with Gasteiger partial charge in [0.2, 0.25) is 0 Å². The van der Waals surface area contributed by atoms with Gasteiger partial charge >= 0.3 is 24.3 Å². The van der Waals surface area contributed by atoms with Crippen LogP contribution in [0.3, 0.4) is 0 Å². The molecule has 0 saturated carbocycles. The maximum Gasteiger partial charge on any atom is 0.416 e. The number of pyridine rings is 2. The van der Waals surface area contributed by atoms with Gasteiger partial charge in [-0.15, -0.1) is 0 Å². The van der Waals surface area contributed by atoms with Crippen LogP contribution in [-0.2, 0) is 12.4 Å². The number of carboxylic acids is 2. The first kappa shape index (κ1) is 31.4. The van der Waals surface area contributed by atoms with E-state index in [1.165, 1.54) is 74.8 Å². The molecule has 2 aromatic heterocycles. The Labute approximate surface area is 234 Å². The zero-order chi connectivity index (χ0) is 31.2. The smallest absolute Gasteiger partial charge is 0.416 e. The molecule has 220 valence electrons. The number of nitrogens with zero attached hydrogens (tertiary/aromatic N) is 2. The molecule has 0 bridgehead atoms. The number of carboxylic acid groups (broad SMARTS) is 2. The topological polar surface area (TPSA) is 124 Å². The number of alkyl halides is 6. The summed E-state index contributed by atoms with van der Waals surface area (Å²) in [4.78, 5) is 29.8. The lowest BCUT2D eigenvalue weighted by Crippen LogP contribution is -2.10. The average molecular weight is 592 g/mol. The maximum atomic E-state index is 12.8. The van der Waals surface area contributed by atoms with Crippen molar-refractivity contribution in [1.29, 1.82) is 0 Å². The summed E-state index contributed by atoms with van der Waals surface area (Å²) in [6.07, 6.45) is -6.22. The Morgan fingerprint density at radius 2 is 0.976 bits per heavy atom. The third-order valence-electron chi connectivity index (χ3n) is 5.86. The molecule has 2 aromatic carbocycles. The number of rotatable bonds is 6. The second-order valence-corrected chi connectivity index (χ2v) is 8.61. The zero-order valence-corrected chi connectivity index (χ0v) is 21.8.